The lowest BCUT2D eigenvalue weighted by molar-refractivity contribution is 0.718. The van der Waals surface area contributed by atoms with Crippen molar-refractivity contribution in [1.29, 1.82) is 0 Å². The van der Waals surface area contributed by atoms with Crippen LogP contribution in [0.5, 0.6) is 0 Å². The molecule has 1 fully saturated rings. The van der Waals surface area contributed by atoms with E-state index in [0.29, 0.717) is 0 Å². The van der Waals surface area contributed by atoms with Crippen LogP contribution in [0.2, 0.25) is 0 Å². The molecule has 2 N–H and O–H groups in total. The Balaban J connectivity index is 0.000000132. The zero-order chi connectivity index (χ0) is 9.19. The summed E-state index contributed by atoms with van der Waals surface area (Å²) in [6, 6.07) is 0. The van der Waals surface area contributed by atoms with E-state index in [1.54, 1.807) is 24.8 Å². The maximum atomic E-state index is 3.72. The highest BCUT2D eigenvalue weighted by Crippen LogP contribution is 1.75. The first-order chi connectivity index (χ1) is 6.50. The van der Waals surface area contributed by atoms with Gasteiger partial charge in [0, 0.05) is 37.9 Å². The van der Waals surface area contributed by atoms with Crippen LogP contribution in [0.3, 0.4) is 0 Å². The van der Waals surface area contributed by atoms with Gasteiger partial charge >= 0.3 is 0 Å². The van der Waals surface area contributed by atoms with Gasteiger partial charge in [-0.1, -0.05) is 0 Å². The molecule has 0 unspecified atom stereocenters. The molecule has 0 saturated carbocycles. The normalized spacial score (nSPS) is 16.6. The topological polar surface area (TPSA) is 49.8 Å². The van der Waals surface area contributed by atoms with Gasteiger partial charge < -0.3 is 10.6 Å². The molecule has 13 heavy (non-hydrogen) atoms. The molecule has 4 nitrogen and oxygen atoms in total. The van der Waals surface area contributed by atoms with Gasteiger partial charge in [-0.25, -0.2) is 0 Å². The highest BCUT2D eigenvalue weighted by molar-refractivity contribution is 4.70. The van der Waals surface area contributed by atoms with Crippen molar-refractivity contribution in [2.24, 2.45) is 0 Å². The summed E-state index contributed by atoms with van der Waals surface area (Å²) in [4.78, 5) is 7.44. The quantitative estimate of drug-likeness (QED) is 0.592. The molecular weight excluding hydrogens is 164 g/mol. The monoisotopic (exact) mass is 180 g/mol. The predicted molar refractivity (Wildman–Crippen MR) is 52.4 cm³/mol. The summed E-state index contributed by atoms with van der Waals surface area (Å²) >= 11 is 0. The van der Waals surface area contributed by atoms with Gasteiger partial charge in [-0.3, -0.25) is 9.97 Å². The molecule has 1 aromatic heterocycles. The molecule has 1 aromatic rings. The lowest BCUT2D eigenvalue weighted by Crippen LogP contribution is -2.21. The molecule has 0 amide bonds. The van der Waals surface area contributed by atoms with E-state index >= 15 is 0 Å². The highest BCUT2D eigenvalue weighted by Gasteiger charge is 1.92. The highest BCUT2D eigenvalue weighted by atomic mass is 15.0. The molecule has 72 valence electrons. The Bertz CT molecular complexity index is 144. The van der Waals surface area contributed by atoms with Crippen LogP contribution in [0.25, 0.3) is 0 Å². The maximum absolute atomic E-state index is 3.72. The minimum atomic E-state index is 1.14. The van der Waals surface area contributed by atoms with E-state index in [1.165, 1.54) is 19.5 Å². The molecule has 1 aliphatic heterocycles. The summed E-state index contributed by atoms with van der Waals surface area (Å²) in [5, 5.41) is 6.57. The van der Waals surface area contributed by atoms with E-state index in [-0.39, 0.29) is 0 Å². The summed E-state index contributed by atoms with van der Waals surface area (Å²) in [6.45, 7) is 4.65. The molecule has 0 aliphatic carbocycles. The van der Waals surface area contributed by atoms with Crippen molar-refractivity contribution >= 4 is 0 Å². The van der Waals surface area contributed by atoms with Crippen molar-refractivity contribution in [3.63, 3.8) is 0 Å². The Morgan fingerprint density at radius 1 is 0.692 bits per heavy atom. The second-order valence-corrected chi connectivity index (χ2v) is 2.75. The fourth-order valence-electron chi connectivity index (χ4n) is 1.02. The Labute approximate surface area is 78.8 Å². The van der Waals surface area contributed by atoms with Gasteiger partial charge in [0.25, 0.3) is 0 Å². The van der Waals surface area contributed by atoms with E-state index in [1.807, 2.05) is 0 Å². The van der Waals surface area contributed by atoms with Gasteiger partial charge in [0.2, 0.25) is 0 Å². The van der Waals surface area contributed by atoms with Gasteiger partial charge in [-0.2, -0.15) is 0 Å². The molecule has 2 heterocycles. The third-order valence-electron chi connectivity index (χ3n) is 1.66. The number of nitrogens with zero attached hydrogens (tertiary/aromatic N) is 2. The van der Waals surface area contributed by atoms with Gasteiger partial charge in [0.15, 0.2) is 0 Å². The van der Waals surface area contributed by atoms with Crippen LogP contribution in [0.4, 0.5) is 0 Å². The van der Waals surface area contributed by atoms with E-state index in [2.05, 4.69) is 20.6 Å². The maximum Gasteiger partial charge on any atom is 0.0451 e. The summed E-state index contributed by atoms with van der Waals surface area (Å²) in [6.07, 6.45) is 7.83. The molecule has 0 bridgehead atoms. The third-order valence-corrected chi connectivity index (χ3v) is 1.66. The number of aromatic nitrogens is 2. The van der Waals surface area contributed by atoms with Crippen LogP contribution >= 0.6 is 0 Å². The third kappa shape index (κ3) is 6.19. The van der Waals surface area contributed by atoms with Gasteiger partial charge in [-0.05, 0) is 19.5 Å². The van der Waals surface area contributed by atoms with Crippen molar-refractivity contribution in [2.45, 2.75) is 6.42 Å². The SMILES string of the molecule is C1CNCCNC1.c1cnccn1. The Morgan fingerprint density at radius 3 is 1.54 bits per heavy atom. The number of hydrogen-bond donors (Lipinski definition) is 2. The molecule has 2 rings (SSSR count). The second kappa shape index (κ2) is 7.64. The summed E-state index contributed by atoms with van der Waals surface area (Å²) < 4.78 is 0. The van der Waals surface area contributed by atoms with E-state index in [0.717, 1.165) is 13.1 Å². The number of nitrogens with one attached hydrogen (secondary N) is 2. The second-order valence-electron chi connectivity index (χ2n) is 2.75. The number of rotatable bonds is 0. The van der Waals surface area contributed by atoms with Crippen LogP contribution in [-0.2, 0) is 0 Å². The van der Waals surface area contributed by atoms with E-state index < -0.39 is 0 Å². The van der Waals surface area contributed by atoms with Gasteiger partial charge in [-0.15, -0.1) is 0 Å². The van der Waals surface area contributed by atoms with Crippen LogP contribution in [0.15, 0.2) is 24.8 Å². The molecule has 0 aromatic carbocycles. The summed E-state index contributed by atoms with van der Waals surface area (Å²) in [5.74, 6) is 0. The Morgan fingerprint density at radius 2 is 1.15 bits per heavy atom. The zero-order valence-corrected chi connectivity index (χ0v) is 7.74. The first-order valence-corrected chi connectivity index (χ1v) is 4.61. The first kappa shape index (κ1) is 10.1. The summed E-state index contributed by atoms with van der Waals surface area (Å²) in [7, 11) is 0. The lowest BCUT2D eigenvalue weighted by atomic mass is 10.4. The average Bonchev–Trinajstić information content (AvgIpc) is 2.53. The minimum Gasteiger partial charge on any atom is -0.315 e. The largest absolute Gasteiger partial charge is 0.315 e. The summed E-state index contributed by atoms with van der Waals surface area (Å²) in [5.41, 5.74) is 0. The standard InChI is InChI=1S/C5H12N2.C4H4N2/c1-2-6-4-5-7-3-1;1-2-6-4-3-5-1/h6-7H,1-5H2;1-4H. The van der Waals surface area contributed by atoms with E-state index in [4.69, 9.17) is 0 Å². The first-order valence-electron chi connectivity index (χ1n) is 4.61. The molecule has 0 radical (unpaired) electrons. The number of hydrogen-bond acceptors (Lipinski definition) is 4. The average molecular weight is 180 g/mol. The Kier molecular flexibility index (Phi) is 5.93. The fourth-order valence-corrected chi connectivity index (χ4v) is 1.02. The molecule has 0 spiro atoms. The van der Waals surface area contributed by atoms with Crippen molar-refractivity contribution in [1.82, 2.24) is 20.6 Å². The minimum absolute atomic E-state index is 1.14. The predicted octanol–water partition coefficient (Wildman–Crippen LogP) is 0.0459. The van der Waals surface area contributed by atoms with Crippen molar-refractivity contribution in [2.75, 3.05) is 26.2 Å². The van der Waals surface area contributed by atoms with Crippen molar-refractivity contribution in [3.8, 4) is 0 Å². The molecule has 4 heteroatoms. The fraction of sp³-hybridized carbons (Fsp3) is 0.556. The molecule has 0 atom stereocenters. The van der Waals surface area contributed by atoms with Crippen molar-refractivity contribution < 1.29 is 0 Å². The Hall–Kier alpha value is -1.00. The van der Waals surface area contributed by atoms with Crippen LogP contribution in [0.1, 0.15) is 6.42 Å². The van der Waals surface area contributed by atoms with Gasteiger partial charge in [0.1, 0.15) is 0 Å². The molecular formula is C9H16N4. The molecule has 1 saturated heterocycles. The van der Waals surface area contributed by atoms with E-state index in [9.17, 15) is 0 Å². The van der Waals surface area contributed by atoms with Crippen LogP contribution < -0.4 is 10.6 Å². The van der Waals surface area contributed by atoms with Gasteiger partial charge in [0.05, 0.1) is 0 Å². The van der Waals surface area contributed by atoms with Crippen LogP contribution in [-0.4, -0.2) is 36.1 Å². The van der Waals surface area contributed by atoms with Crippen LogP contribution in [0, 0.1) is 0 Å². The molecule has 1 aliphatic rings. The smallest absolute Gasteiger partial charge is 0.0451 e. The lowest BCUT2D eigenvalue weighted by Gasteiger charge is -1.92. The zero-order valence-electron chi connectivity index (χ0n) is 7.74. The van der Waals surface area contributed by atoms with Crippen molar-refractivity contribution in [3.05, 3.63) is 24.8 Å².